The largest absolute Gasteiger partial charge is 0.313 e. The number of halogens is 2. The van der Waals surface area contributed by atoms with E-state index in [4.69, 9.17) is 23.2 Å². The van der Waals surface area contributed by atoms with Crippen molar-refractivity contribution in [3.8, 4) is 0 Å². The molecule has 0 unspecified atom stereocenters. The predicted octanol–water partition coefficient (Wildman–Crippen LogP) is 6.98. The van der Waals surface area contributed by atoms with Crippen molar-refractivity contribution in [2.24, 2.45) is 0 Å². The highest BCUT2D eigenvalue weighted by atomic mass is 35.5. The molecule has 0 radical (unpaired) electrons. The number of rotatable bonds is 2. The lowest BCUT2D eigenvalue weighted by Gasteiger charge is -2.36. The first-order chi connectivity index (χ1) is 14.5. The van der Waals surface area contributed by atoms with Crippen LogP contribution in [0.25, 0.3) is 11.1 Å². The molecule has 1 aliphatic carbocycles. The fraction of sp³-hybridized carbons (Fsp3) is 0.0800. The van der Waals surface area contributed by atoms with Crippen LogP contribution in [0.2, 0.25) is 10.0 Å². The zero-order valence-electron chi connectivity index (χ0n) is 16.1. The van der Waals surface area contributed by atoms with Gasteiger partial charge in [0.2, 0.25) is 0 Å². The molecule has 5 rings (SSSR count). The maximum atomic E-state index is 13.5. The first kappa shape index (κ1) is 19.5. The highest BCUT2D eigenvalue weighted by molar-refractivity contribution is 8.02. The Bertz CT molecular complexity index is 1150. The molecule has 0 bridgehead atoms. The van der Waals surface area contributed by atoms with E-state index in [1.165, 1.54) is 0 Å². The SMILES string of the molecule is CN1C(=O)C2(C=C(c3ccc(Cl)cc3)C(c3ccc(Cl)cc3)=C2)Sc2ccccc21. The van der Waals surface area contributed by atoms with Crippen molar-refractivity contribution in [3.63, 3.8) is 0 Å². The van der Waals surface area contributed by atoms with Gasteiger partial charge in [-0.05, 0) is 70.8 Å². The van der Waals surface area contributed by atoms with Crippen LogP contribution in [-0.2, 0) is 4.79 Å². The van der Waals surface area contributed by atoms with Gasteiger partial charge in [-0.3, -0.25) is 4.79 Å². The lowest BCUT2D eigenvalue weighted by atomic mass is 9.95. The normalized spacial score (nSPS) is 17.0. The fourth-order valence-corrected chi connectivity index (χ4v) is 5.61. The van der Waals surface area contributed by atoms with E-state index in [1.807, 2.05) is 73.8 Å². The summed E-state index contributed by atoms with van der Waals surface area (Å²) in [5.41, 5.74) is 5.01. The summed E-state index contributed by atoms with van der Waals surface area (Å²) in [6.07, 6.45) is 4.17. The zero-order chi connectivity index (χ0) is 20.9. The molecule has 2 nitrogen and oxygen atoms in total. The summed E-state index contributed by atoms with van der Waals surface area (Å²) in [6, 6.07) is 23.5. The van der Waals surface area contributed by atoms with Gasteiger partial charge in [0.1, 0.15) is 4.75 Å². The second-order valence-corrected chi connectivity index (χ2v) is 9.55. The van der Waals surface area contributed by atoms with Crippen LogP contribution in [0.3, 0.4) is 0 Å². The monoisotopic (exact) mass is 449 g/mol. The van der Waals surface area contributed by atoms with Gasteiger partial charge in [-0.25, -0.2) is 0 Å². The smallest absolute Gasteiger partial charge is 0.251 e. The minimum atomic E-state index is -0.799. The molecule has 30 heavy (non-hydrogen) atoms. The first-order valence-electron chi connectivity index (χ1n) is 9.51. The number of carbonyl (C=O) groups is 1. The number of fused-ring (bicyclic) bond motifs is 1. The zero-order valence-corrected chi connectivity index (χ0v) is 18.4. The minimum Gasteiger partial charge on any atom is -0.313 e. The van der Waals surface area contributed by atoms with Crippen molar-refractivity contribution >= 4 is 57.7 Å². The maximum absolute atomic E-state index is 13.5. The molecule has 3 aromatic carbocycles. The Balaban J connectivity index is 1.70. The average molecular weight is 450 g/mol. The fourth-order valence-electron chi connectivity index (χ4n) is 3.96. The van der Waals surface area contributed by atoms with Crippen molar-refractivity contribution in [2.75, 3.05) is 11.9 Å². The van der Waals surface area contributed by atoms with Gasteiger partial charge in [-0.2, -0.15) is 0 Å². The van der Waals surface area contributed by atoms with Crippen LogP contribution < -0.4 is 4.90 Å². The Morgan fingerprint density at radius 2 is 1.27 bits per heavy atom. The highest BCUT2D eigenvalue weighted by Gasteiger charge is 2.46. The summed E-state index contributed by atoms with van der Waals surface area (Å²) in [5.74, 6) is 0.0432. The Hall–Kier alpha value is -2.46. The summed E-state index contributed by atoms with van der Waals surface area (Å²) in [6.45, 7) is 0. The molecule has 0 saturated heterocycles. The number of nitrogens with zero attached hydrogens (tertiary/aromatic N) is 1. The van der Waals surface area contributed by atoms with Gasteiger partial charge >= 0.3 is 0 Å². The molecule has 2 aliphatic rings. The van der Waals surface area contributed by atoms with E-state index >= 15 is 0 Å². The van der Waals surface area contributed by atoms with Gasteiger partial charge in [0.05, 0.1) is 5.69 Å². The second-order valence-electron chi connectivity index (χ2n) is 7.36. The first-order valence-corrected chi connectivity index (χ1v) is 11.1. The van der Waals surface area contributed by atoms with Crippen LogP contribution in [0.15, 0.2) is 89.8 Å². The molecule has 1 heterocycles. The van der Waals surface area contributed by atoms with Gasteiger partial charge in [-0.1, -0.05) is 71.4 Å². The van der Waals surface area contributed by atoms with E-state index in [-0.39, 0.29) is 5.91 Å². The molecule has 148 valence electrons. The summed E-state index contributed by atoms with van der Waals surface area (Å²) in [5, 5.41) is 1.36. The molecule has 0 aromatic heterocycles. The molecular formula is C25H17Cl2NOS. The lowest BCUT2D eigenvalue weighted by molar-refractivity contribution is -0.118. The quantitative estimate of drug-likeness (QED) is 0.420. The van der Waals surface area contributed by atoms with E-state index in [9.17, 15) is 4.79 Å². The Morgan fingerprint density at radius 3 is 1.80 bits per heavy atom. The topological polar surface area (TPSA) is 20.3 Å². The molecule has 0 saturated carbocycles. The molecular weight excluding hydrogens is 433 g/mol. The Labute approximate surface area is 189 Å². The van der Waals surface area contributed by atoms with E-state index in [2.05, 4.69) is 18.2 Å². The van der Waals surface area contributed by atoms with Crippen molar-refractivity contribution in [3.05, 3.63) is 106 Å². The number of para-hydroxylation sites is 1. The van der Waals surface area contributed by atoms with Crippen LogP contribution >= 0.6 is 35.0 Å². The number of allylic oxidation sites excluding steroid dienone is 2. The summed E-state index contributed by atoms with van der Waals surface area (Å²) in [7, 11) is 1.84. The van der Waals surface area contributed by atoms with Crippen LogP contribution in [0.4, 0.5) is 5.69 Å². The van der Waals surface area contributed by atoms with E-state index in [0.717, 1.165) is 32.9 Å². The van der Waals surface area contributed by atoms with Gasteiger partial charge in [0, 0.05) is 22.0 Å². The maximum Gasteiger partial charge on any atom is 0.251 e. The molecule has 1 aliphatic heterocycles. The van der Waals surface area contributed by atoms with E-state index in [0.29, 0.717) is 10.0 Å². The highest BCUT2D eigenvalue weighted by Crippen LogP contribution is 2.53. The lowest BCUT2D eigenvalue weighted by Crippen LogP contribution is -2.45. The van der Waals surface area contributed by atoms with Crippen molar-refractivity contribution in [1.82, 2.24) is 0 Å². The Morgan fingerprint density at radius 1 is 0.767 bits per heavy atom. The number of amides is 1. The minimum absolute atomic E-state index is 0.0432. The third-order valence-corrected chi connectivity index (χ3v) is 7.28. The Kier molecular flexibility index (Phi) is 4.78. The summed E-state index contributed by atoms with van der Waals surface area (Å²) in [4.78, 5) is 16.4. The number of anilines is 1. The van der Waals surface area contributed by atoms with Crippen LogP contribution in [0.1, 0.15) is 11.1 Å². The summed E-state index contributed by atoms with van der Waals surface area (Å²) < 4.78 is -0.799. The third-order valence-electron chi connectivity index (χ3n) is 5.46. The van der Waals surface area contributed by atoms with Crippen LogP contribution in [0, 0.1) is 0 Å². The van der Waals surface area contributed by atoms with Crippen LogP contribution in [0.5, 0.6) is 0 Å². The molecule has 0 fully saturated rings. The molecule has 0 N–H and O–H groups in total. The number of thioether (sulfide) groups is 1. The number of benzene rings is 3. The van der Waals surface area contributed by atoms with Crippen molar-refractivity contribution < 1.29 is 4.79 Å². The molecule has 1 spiro atoms. The van der Waals surface area contributed by atoms with Gasteiger partial charge < -0.3 is 4.90 Å². The number of hydrogen-bond acceptors (Lipinski definition) is 2. The predicted molar refractivity (Wildman–Crippen MR) is 127 cm³/mol. The molecule has 0 atom stereocenters. The standard InChI is InChI=1S/C25H17Cl2NOS/c1-28-22-4-2-3-5-23(22)30-25(24(28)29)14-20(16-6-10-18(26)11-7-16)21(15-25)17-8-12-19(27)13-9-17/h2-15H,1H3. The molecule has 5 heteroatoms. The summed E-state index contributed by atoms with van der Waals surface area (Å²) >= 11 is 13.8. The van der Waals surface area contributed by atoms with Gasteiger partial charge in [-0.15, -0.1) is 0 Å². The number of carbonyl (C=O) groups excluding carboxylic acids is 1. The van der Waals surface area contributed by atoms with Crippen LogP contribution in [-0.4, -0.2) is 17.7 Å². The van der Waals surface area contributed by atoms with Gasteiger partial charge in [0.15, 0.2) is 0 Å². The van der Waals surface area contributed by atoms with Crippen molar-refractivity contribution in [1.29, 1.82) is 0 Å². The molecule has 1 amide bonds. The number of hydrogen-bond donors (Lipinski definition) is 0. The van der Waals surface area contributed by atoms with E-state index < -0.39 is 4.75 Å². The second kappa shape index (κ2) is 7.35. The average Bonchev–Trinajstić information content (AvgIpc) is 3.13. The van der Waals surface area contributed by atoms with E-state index in [1.54, 1.807) is 16.7 Å². The van der Waals surface area contributed by atoms with Gasteiger partial charge in [0.25, 0.3) is 5.91 Å². The third kappa shape index (κ3) is 3.18. The molecule has 3 aromatic rings. The van der Waals surface area contributed by atoms with Crippen molar-refractivity contribution in [2.45, 2.75) is 9.64 Å².